The first kappa shape index (κ1) is 8.48. The first-order chi connectivity index (χ1) is 5.77. The quantitative estimate of drug-likeness (QED) is 0.617. The van der Waals surface area contributed by atoms with Crippen molar-refractivity contribution in [2.75, 3.05) is 13.7 Å². The molecule has 2 aliphatic carbocycles. The molecule has 0 heterocycles. The van der Waals surface area contributed by atoms with Crippen molar-refractivity contribution >= 4 is 0 Å². The van der Waals surface area contributed by atoms with Crippen LogP contribution in [0.2, 0.25) is 0 Å². The average Bonchev–Trinajstić information content (AvgIpc) is 2.61. The van der Waals surface area contributed by atoms with Crippen LogP contribution in [0.15, 0.2) is 0 Å². The van der Waals surface area contributed by atoms with Crippen molar-refractivity contribution in [3.05, 3.63) is 0 Å². The molecule has 3 heteroatoms. The minimum absolute atomic E-state index is 0.0269. The van der Waals surface area contributed by atoms with E-state index in [0.717, 1.165) is 12.8 Å². The molecule has 2 aliphatic rings. The fourth-order valence-electron chi connectivity index (χ4n) is 2.93. The van der Waals surface area contributed by atoms with Gasteiger partial charge in [-0.1, -0.05) is 0 Å². The molecule has 0 radical (unpaired) electrons. The lowest BCUT2D eigenvalue weighted by Crippen LogP contribution is -2.39. The Labute approximate surface area is 72.3 Å². The first-order valence-electron chi connectivity index (χ1n) is 4.59. The van der Waals surface area contributed by atoms with Gasteiger partial charge in [-0.2, -0.15) is 0 Å². The van der Waals surface area contributed by atoms with E-state index >= 15 is 0 Å². The van der Waals surface area contributed by atoms with Gasteiger partial charge in [0.05, 0.1) is 12.2 Å². The number of aliphatic hydroxyl groups excluding tert-OH is 2. The van der Waals surface area contributed by atoms with Gasteiger partial charge in [0.15, 0.2) is 0 Å². The fourth-order valence-corrected chi connectivity index (χ4v) is 2.93. The number of hydrogen-bond acceptors (Lipinski definition) is 3. The number of methoxy groups -OCH3 is 1. The molecule has 2 bridgehead atoms. The number of fused-ring (bicyclic) bond motifs is 2. The molecule has 2 saturated carbocycles. The molecule has 12 heavy (non-hydrogen) atoms. The summed E-state index contributed by atoms with van der Waals surface area (Å²) in [5, 5.41) is 18.7. The minimum Gasteiger partial charge on any atom is -0.396 e. The third-order valence-corrected chi connectivity index (χ3v) is 3.53. The van der Waals surface area contributed by atoms with Gasteiger partial charge in [-0.3, -0.25) is 0 Å². The average molecular weight is 172 g/mol. The summed E-state index contributed by atoms with van der Waals surface area (Å²) < 4.78 is 5.23. The molecule has 0 aromatic rings. The Morgan fingerprint density at radius 1 is 1.42 bits per heavy atom. The molecule has 2 rings (SSSR count). The zero-order chi connectivity index (χ0) is 8.72. The van der Waals surface area contributed by atoms with Crippen molar-refractivity contribution in [1.29, 1.82) is 0 Å². The van der Waals surface area contributed by atoms with Crippen molar-refractivity contribution < 1.29 is 14.9 Å². The van der Waals surface area contributed by atoms with E-state index in [-0.39, 0.29) is 18.8 Å². The Balaban J connectivity index is 2.09. The third kappa shape index (κ3) is 1.00. The summed E-state index contributed by atoms with van der Waals surface area (Å²) in [7, 11) is 1.64. The highest BCUT2D eigenvalue weighted by atomic mass is 16.5. The van der Waals surface area contributed by atoms with E-state index in [2.05, 4.69) is 0 Å². The summed E-state index contributed by atoms with van der Waals surface area (Å²) in [5.74, 6) is 1.13. The topological polar surface area (TPSA) is 49.7 Å². The molecule has 70 valence electrons. The lowest BCUT2D eigenvalue weighted by molar-refractivity contribution is -0.0648. The molecule has 0 aliphatic heterocycles. The summed E-state index contributed by atoms with van der Waals surface area (Å²) >= 11 is 0. The van der Waals surface area contributed by atoms with Crippen LogP contribution >= 0.6 is 0 Å². The van der Waals surface area contributed by atoms with E-state index in [9.17, 15) is 5.11 Å². The number of aliphatic hydroxyl groups is 2. The Morgan fingerprint density at radius 3 is 2.67 bits per heavy atom. The normalized spacial score (nSPS) is 51.8. The summed E-state index contributed by atoms with van der Waals surface area (Å²) in [5.41, 5.74) is 0. The van der Waals surface area contributed by atoms with Gasteiger partial charge in [0, 0.05) is 13.7 Å². The third-order valence-electron chi connectivity index (χ3n) is 3.53. The summed E-state index contributed by atoms with van der Waals surface area (Å²) in [6, 6.07) is 0. The molecular weight excluding hydrogens is 156 g/mol. The lowest BCUT2D eigenvalue weighted by atomic mass is 9.85. The molecule has 2 fully saturated rings. The zero-order valence-corrected chi connectivity index (χ0v) is 7.31. The maximum absolute atomic E-state index is 9.69. The highest BCUT2D eigenvalue weighted by Gasteiger charge is 2.52. The predicted molar refractivity (Wildman–Crippen MR) is 43.6 cm³/mol. The Morgan fingerprint density at radius 2 is 2.17 bits per heavy atom. The summed E-state index contributed by atoms with van der Waals surface area (Å²) in [6.07, 6.45) is 1.69. The van der Waals surface area contributed by atoms with Crippen molar-refractivity contribution in [1.82, 2.24) is 0 Å². The molecule has 2 N–H and O–H groups in total. The van der Waals surface area contributed by atoms with E-state index in [4.69, 9.17) is 9.84 Å². The van der Waals surface area contributed by atoms with Gasteiger partial charge in [0.1, 0.15) is 0 Å². The molecule has 0 amide bonds. The van der Waals surface area contributed by atoms with Gasteiger partial charge < -0.3 is 14.9 Å². The van der Waals surface area contributed by atoms with Crippen LogP contribution in [0.1, 0.15) is 12.8 Å². The maximum atomic E-state index is 9.69. The van der Waals surface area contributed by atoms with E-state index < -0.39 is 0 Å². The van der Waals surface area contributed by atoms with Gasteiger partial charge in [-0.15, -0.1) is 0 Å². The van der Waals surface area contributed by atoms with Crippen LogP contribution in [-0.2, 0) is 4.74 Å². The molecule has 0 spiro atoms. The number of rotatable bonds is 2. The zero-order valence-electron chi connectivity index (χ0n) is 7.31. The monoisotopic (exact) mass is 172 g/mol. The molecule has 3 nitrogen and oxygen atoms in total. The van der Waals surface area contributed by atoms with Gasteiger partial charge in [-0.25, -0.2) is 0 Å². The number of hydrogen-bond donors (Lipinski definition) is 2. The number of ether oxygens (including phenoxy) is 1. The Hall–Kier alpha value is -0.120. The van der Waals surface area contributed by atoms with Gasteiger partial charge in [0.25, 0.3) is 0 Å². The standard InChI is InChI=1S/C9H16O3/c1-12-9-7-3-5(8(9)11)2-6(7)4-10/h5-11H,2-4H2,1H3/t5?,6?,7?,8?,9-/m1/s1. The van der Waals surface area contributed by atoms with Crippen LogP contribution in [0.3, 0.4) is 0 Å². The maximum Gasteiger partial charge on any atom is 0.0864 e. The van der Waals surface area contributed by atoms with Gasteiger partial charge in [0.2, 0.25) is 0 Å². The molecule has 5 atom stereocenters. The van der Waals surface area contributed by atoms with Crippen molar-refractivity contribution in [3.8, 4) is 0 Å². The molecule has 0 aromatic heterocycles. The molecule has 0 aromatic carbocycles. The van der Waals surface area contributed by atoms with Crippen LogP contribution in [-0.4, -0.2) is 36.1 Å². The second-order valence-corrected chi connectivity index (χ2v) is 4.03. The second-order valence-electron chi connectivity index (χ2n) is 4.03. The predicted octanol–water partition coefficient (Wildman–Crippen LogP) is 0.0106. The summed E-state index contributed by atoms with van der Waals surface area (Å²) in [4.78, 5) is 0. The van der Waals surface area contributed by atoms with Crippen molar-refractivity contribution in [2.24, 2.45) is 17.8 Å². The van der Waals surface area contributed by atoms with E-state index in [1.165, 1.54) is 0 Å². The molecule has 4 unspecified atom stereocenters. The van der Waals surface area contributed by atoms with E-state index in [0.29, 0.717) is 17.8 Å². The van der Waals surface area contributed by atoms with Gasteiger partial charge >= 0.3 is 0 Å². The van der Waals surface area contributed by atoms with Crippen LogP contribution < -0.4 is 0 Å². The smallest absolute Gasteiger partial charge is 0.0864 e. The first-order valence-corrected chi connectivity index (χ1v) is 4.59. The minimum atomic E-state index is -0.289. The van der Waals surface area contributed by atoms with E-state index in [1.54, 1.807) is 7.11 Å². The molecular formula is C9H16O3. The fraction of sp³-hybridized carbons (Fsp3) is 1.00. The summed E-state index contributed by atoms with van der Waals surface area (Å²) in [6.45, 7) is 0.244. The van der Waals surface area contributed by atoms with Crippen molar-refractivity contribution in [2.45, 2.75) is 25.0 Å². The van der Waals surface area contributed by atoms with Crippen LogP contribution in [0.25, 0.3) is 0 Å². The highest BCUT2D eigenvalue weighted by Crippen LogP contribution is 2.49. The second kappa shape index (κ2) is 2.98. The Kier molecular flexibility index (Phi) is 2.10. The van der Waals surface area contributed by atoms with Crippen LogP contribution in [0.4, 0.5) is 0 Å². The largest absolute Gasteiger partial charge is 0.396 e. The van der Waals surface area contributed by atoms with Crippen LogP contribution in [0.5, 0.6) is 0 Å². The Bertz CT molecular complexity index is 171. The SMILES string of the molecule is CO[C@H]1C(O)C2CC(CO)C1C2. The van der Waals surface area contributed by atoms with E-state index in [1.807, 2.05) is 0 Å². The van der Waals surface area contributed by atoms with Gasteiger partial charge in [-0.05, 0) is 30.6 Å². The van der Waals surface area contributed by atoms with Crippen molar-refractivity contribution in [3.63, 3.8) is 0 Å². The van der Waals surface area contributed by atoms with Crippen LogP contribution in [0, 0.1) is 17.8 Å². The highest BCUT2D eigenvalue weighted by molar-refractivity contribution is 5.01. The molecule has 0 saturated heterocycles. The lowest BCUT2D eigenvalue weighted by Gasteiger charge is -2.30.